The quantitative estimate of drug-likeness (QED) is 0.521. The van der Waals surface area contributed by atoms with E-state index in [-0.39, 0.29) is 0 Å². The fraction of sp³-hybridized carbons (Fsp3) is 0.833. The summed E-state index contributed by atoms with van der Waals surface area (Å²) in [7, 11) is 2.00. The summed E-state index contributed by atoms with van der Waals surface area (Å²) in [4.78, 5) is 0. The summed E-state index contributed by atoms with van der Waals surface area (Å²) in [6, 6.07) is 0. The minimum absolute atomic E-state index is 0.431. The molecule has 10 heavy (non-hydrogen) atoms. The third kappa shape index (κ3) is 1.36. The molecule has 1 aliphatic rings. The van der Waals surface area contributed by atoms with E-state index in [0.717, 1.165) is 0 Å². The van der Waals surface area contributed by atoms with Crippen molar-refractivity contribution in [1.29, 1.82) is 0 Å². The van der Waals surface area contributed by atoms with Gasteiger partial charge in [0.1, 0.15) is 12.5 Å². The number of halogens is 1. The molecule has 1 unspecified atom stereocenters. The van der Waals surface area contributed by atoms with Crippen LogP contribution in [0.4, 0.5) is 0 Å². The minimum atomic E-state index is 0.431. The molecule has 0 bridgehead atoms. The van der Waals surface area contributed by atoms with Crippen molar-refractivity contribution in [2.45, 2.75) is 20.0 Å². The van der Waals surface area contributed by atoms with Crippen LogP contribution in [0.25, 0.3) is 0 Å². The molecule has 0 aromatic carbocycles. The molecular weight excluding hydrogens is 241 g/mol. The lowest BCUT2D eigenvalue weighted by Gasteiger charge is -2.26. The van der Waals surface area contributed by atoms with Gasteiger partial charge in [-0.2, -0.15) is 5.10 Å². The molecule has 3 nitrogen and oxygen atoms in total. The van der Waals surface area contributed by atoms with Gasteiger partial charge in [0.2, 0.25) is 0 Å². The van der Waals surface area contributed by atoms with E-state index in [4.69, 9.17) is 0 Å². The van der Waals surface area contributed by atoms with Crippen LogP contribution in [0.2, 0.25) is 0 Å². The Kier molecular flexibility index (Phi) is 2.38. The highest BCUT2D eigenvalue weighted by molar-refractivity contribution is 14.1. The van der Waals surface area contributed by atoms with Crippen molar-refractivity contribution < 1.29 is 0 Å². The van der Waals surface area contributed by atoms with Crippen molar-refractivity contribution in [2.75, 3.05) is 7.05 Å². The Morgan fingerprint density at radius 3 is 2.40 bits per heavy atom. The Balaban J connectivity index is 2.60. The van der Waals surface area contributed by atoms with E-state index in [2.05, 4.69) is 44.9 Å². The van der Waals surface area contributed by atoms with Crippen LogP contribution in [-0.2, 0) is 0 Å². The van der Waals surface area contributed by atoms with Gasteiger partial charge in [0.25, 0.3) is 0 Å². The van der Waals surface area contributed by atoms with Crippen molar-refractivity contribution in [1.82, 2.24) is 8.12 Å². The van der Waals surface area contributed by atoms with Gasteiger partial charge in [0.15, 0.2) is 0 Å². The van der Waals surface area contributed by atoms with Gasteiger partial charge in [-0.25, -0.2) is 0 Å². The van der Waals surface area contributed by atoms with E-state index >= 15 is 0 Å². The molecule has 58 valence electrons. The van der Waals surface area contributed by atoms with Crippen molar-refractivity contribution in [2.24, 2.45) is 11.0 Å². The Morgan fingerprint density at radius 1 is 1.60 bits per heavy atom. The first-order valence-corrected chi connectivity index (χ1v) is 4.30. The smallest absolute Gasteiger partial charge is 0.130 e. The molecule has 1 atom stereocenters. The largest absolute Gasteiger partial charge is 0.280 e. The fourth-order valence-corrected chi connectivity index (χ4v) is 2.26. The third-order valence-electron chi connectivity index (χ3n) is 1.58. The lowest BCUT2D eigenvalue weighted by molar-refractivity contribution is 0.175. The zero-order valence-corrected chi connectivity index (χ0v) is 8.61. The predicted molar refractivity (Wildman–Crippen MR) is 50.7 cm³/mol. The van der Waals surface area contributed by atoms with Gasteiger partial charge in [0.05, 0.1) is 22.9 Å². The topological polar surface area (TPSA) is 18.8 Å². The van der Waals surface area contributed by atoms with E-state index in [1.165, 1.54) is 0 Å². The lowest BCUT2D eigenvalue weighted by Crippen LogP contribution is -2.36. The molecular formula is C6H12IN3. The molecule has 1 heterocycles. The summed E-state index contributed by atoms with van der Waals surface area (Å²) in [6.45, 7) is 4.39. The van der Waals surface area contributed by atoms with Crippen LogP contribution in [0.1, 0.15) is 13.8 Å². The van der Waals surface area contributed by atoms with Crippen LogP contribution < -0.4 is 0 Å². The molecule has 0 saturated heterocycles. The van der Waals surface area contributed by atoms with Gasteiger partial charge in [-0.3, -0.25) is 8.12 Å². The Morgan fingerprint density at radius 2 is 2.20 bits per heavy atom. The summed E-state index contributed by atoms with van der Waals surface area (Å²) in [5.74, 6) is 0.615. The molecule has 0 amide bonds. The average Bonchev–Trinajstić information content (AvgIpc) is 2.11. The first-order valence-electron chi connectivity index (χ1n) is 3.34. The molecule has 0 aliphatic carbocycles. The van der Waals surface area contributed by atoms with E-state index in [0.29, 0.717) is 12.1 Å². The Bertz CT molecular complexity index is 134. The normalized spacial score (nSPS) is 25.1. The van der Waals surface area contributed by atoms with Crippen LogP contribution in [0.3, 0.4) is 0 Å². The van der Waals surface area contributed by atoms with Crippen LogP contribution in [0.5, 0.6) is 0 Å². The second-order valence-corrected chi connectivity index (χ2v) is 3.92. The molecule has 0 radical (unpaired) electrons. The number of rotatable bonds is 1. The first kappa shape index (κ1) is 8.10. The van der Waals surface area contributed by atoms with Crippen molar-refractivity contribution >= 4 is 29.2 Å². The molecule has 0 spiro atoms. The summed E-state index contributed by atoms with van der Waals surface area (Å²) in [5, 5.41) is 6.13. The highest BCUT2D eigenvalue weighted by atomic mass is 127. The van der Waals surface area contributed by atoms with Gasteiger partial charge in [0, 0.05) is 7.05 Å². The molecule has 1 aliphatic heterocycles. The van der Waals surface area contributed by atoms with Crippen molar-refractivity contribution in [3.05, 3.63) is 0 Å². The van der Waals surface area contributed by atoms with Gasteiger partial charge in [-0.1, -0.05) is 13.8 Å². The van der Waals surface area contributed by atoms with Crippen molar-refractivity contribution in [3.8, 4) is 0 Å². The molecule has 4 heteroatoms. The highest BCUT2D eigenvalue weighted by Gasteiger charge is 2.25. The van der Waals surface area contributed by atoms with Crippen LogP contribution >= 0.6 is 22.9 Å². The van der Waals surface area contributed by atoms with Gasteiger partial charge in [-0.15, -0.1) is 0 Å². The van der Waals surface area contributed by atoms with E-state index in [1.807, 2.05) is 18.4 Å². The molecule has 0 aromatic heterocycles. The summed E-state index contributed by atoms with van der Waals surface area (Å²) >= 11 is 2.27. The second-order valence-electron chi connectivity index (χ2n) is 2.81. The van der Waals surface area contributed by atoms with E-state index < -0.39 is 0 Å². The van der Waals surface area contributed by atoms with Gasteiger partial charge < -0.3 is 0 Å². The van der Waals surface area contributed by atoms with Crippen molar-refractivity contribution in [3.63, 3.8) is 0 Å². The third-order valence-corrected chi connectivity index (χ3v) is 2.40. The lowest BCUT2D eigenvalue weighted by atomic mass is 10.1. The van der Waals surface area contributed by atoms with Gasteiger partial charge >= 0.3 is 0 Å². The van der Waals surface area contributed by atoms with Crippen LogP contribution in [-0.4, -0.2) is 27.7 Å². The number of hydrazone groups is 1. The number of hydrogen-bond acceptors (Lipinski definition) is 3. The van der Waals surface area contributed by atoms with Crippen LogP contribution in [0, 0.1) is 5.92 Å². The summed E-state index contributed by atoms with van der Waals surface area (Å²) in [6.07, 6.45) is 2.28. The molecule has 0 saturated carbocycles. The molecule has 0 N–H and O–H groups in total. The Labute approximate surface area is 75.6 Å². The fourth-order valence-electron chi connectivity index (χ4n) is 1.14. The first-order chi connectivity index (χ1) is 4.63. The maximum Gasteiger partial charge on any atom is 0.130 e. The number of hydrogen-bond donors (Lipinski definition) is 0. The van der Waals surface area contributed by atoms with Gasteiger partial charge in [-0.05, 0) is 5.92 Å². The average molecular weight is 253 g/mol. The monoisotopic (exact) mass is 253 g/mol. The summed E-state index contributed by atoms with van der Waals surface area (Å²) in [5.41, 5.74) is 0. The SMILES string of the molecule is CC(C)C1N(I)C=NN1C. The highest BCUT2D eigenvalue weighted by Crippen LogP contribution is 2.20. The maximum absolute atomic E-state index is 4.15. The maximum atomic E-state index is 4.15. The molecule has 0 aromatic rings. The predicted octanol–water partition coefficient (Wildman–Crippen LogP) is 1.51. The molecule has 0 fully saturated rings. The van der Waals surface area contributed by atoms with E-state index in [9.17, 15) is 0 Å². The molecule has 1 rings (SSSR count). The number of nitrogens with zero attached hydrogens (tertiary/aromatic N) is 3. The summed E-state index contributed by atoms with van der Waals surface area (Å²) < 4.78 is 2.10. The zero-order valence-electron chi connectivity index (χ0n) is 6.45. The van der Waals surface area contributed by atoms with E-state index in [1.54, 1.807) is 0 Å². The Hall–Kier alpha value is 0. The zero-order chi connectivity index (χ0) is 7.72. The minimum Gasteiger partial charge on any atom is -0.280 e. The standard InChI is InChI=1S/C6H12IN3/c1-5(2)6-9(3)8-4-10(6)7/h4-6H,1-3H3. The van der Waals surface area contributed by atoms with Crippen LogP contribution in [0.15, 0.2) is 5.10 Å². The second kappa shape index (κ2) is 2.94.